The van der Waals surface area contributed by atoms with E-state index in [1.165, 1.54) is 4.90 Å². The summed E-state index contributed by atoms with van der Waals surface area (Å²) in [6.07, 6.45) is 0.440. The molecule has 0 radical (unpaired) electrons. The molecule has 4 rings (SSSR count). The van der Waals surface area contributed by atoms with Crippen LogP contribution in [0.3, 0.4) is 0 Å². The molecule has 1 amide bonds. The van der Waals surface area contributed by atoms with Crippen molar-refractivity contribution in [2.75, 3.05) is 6.54 Å². The predicted octanol–water partition coefficient (Wildman–Crippen LogP) is 5.36. The number of para-hydroxylation sites is 1. The van der Waals surface area contributed by atoms with E-state index in [1.807, 2.05) is 48.5 Å². The Labute approximate surface area is 174 Å². The van der Waals surface area contributed by atoms with Gasteiger partial charge in [-0.25, -0.2) is 4.79 Å². The highest BCUT2D eigenvalue weighted by Gasteiger charge is 2.47. The maximum Gasteiger partial charge on any atom is 0.416 e. The van der Waals surface area contributed by atoms with Gasteiger partial charge in [0.15, 0.2) is 5.54 Å². The number of amides is 1. The molecular weight excluding hydrogens is 384 g/mol. The lowest BCUT2D eigenvalue weighted by Crippen LogP contribution is -2.55. The number of rotatable bonds is 3. The molecule has 5 heteroatoms. The van der Waals surface area contributed by atoms with Gasteiger partial charge in [0.25, 0.3) is 0 Å². The van der Waals surface area contributed by atoms with Gasteiger partial charge in [-0.3, -0.25) is 4.90 Å². The zero-order valence-corrected chi connectivity index (χ0v) is 16.5. The van der Waals surface area contributed by atoms with Crippen LogP contribution >= 0.6 is 11.6 Å². The van der Waals surface area contributed by atoms with Gasteiger partial charge in [-0.05, 0) is 47.4 Å². The lowest BCUT2D eigenvalue weighted by molar-refractivity contribution is 0.0994. The van der Waals surface area contributed by atoms with Gasteiger partial charge in [-0.2, -0.15) is 5.26 Å². The van der Waals surface area contributed by atoms with Crippen LogP contribution in [-0.2, 0) is 18.4 Å². The van der Waals surface area contributed by atoms with Crippen LogP contribution in [0.5, 0.6) is 5.75 Å². The van der Waals surface area contributed by atoms with Crippen molar-refractivity contribution in [1.82, 2.24) is 4.90 Å². The Kier molecular flexibility index (Phi) is 5.24. The van der Waals surface area contributed by atoms with Crippen molar-refractivity contribution in [2.45, 2.75) is 18.4 Å². The van der Waals surface area contributed by atoms with Crippen LogP contribution in [0.2, 0.25) is 5.02 Å². The summed E-state index contributed by atoms with van der Waals surface area (Å²) in [7, 11) is 0. The number of nitrogens with zero attached hydrogens (tertiary/aromatic N) is 2. The average molecular weight is 403 g/mol. The molecule has 3 aromatic carbocycles. The van der Waals surface area contributed by atoms with Crippen molar-refractivity contribution in [1.29, 1.82) is 5.26 Å². The van der Waals surface area contributed by atoms with Gasteiger partial charge in [-0.15, -0.1) is 0 Å². The van der Waals surface area contributed by atoms with Crippen molar-refractivity contribution in [3.63, 3.8) is 0 Å². The van der Waals surface area contributed by atoms with Gasteiger partial charge in [0.1, 0.15) is 5.75 Å². The minimum absolute atomic E-state index is 0.349. The topological polar surface area (TPSA) is 53.3 Å². The summed E-state index contributed by atoms with van der Waals surface area (Å²) in [5.74, 6) is 0.445. The molecule has 0 unspecified atom stereocenters. The maximum absolute atomic E-state index is 13.1. The molecule has 0 aromatic heterocycles. The lowest BCUT2D eigenvalue weighted by atomic mass is 9.77. The number of ether oxygens (including phenoxy) is 1. The standard InChI is InChI=1S/C24H19ClN2O2/c25-20-12-11-19-13-14-27(23(28)29-21-9-5-2-6-10-21)24(17-26,22(19)15-20)16-18-7-3-1-4-8-18/h1-12,15H,13-14,16H2/t24-/m1/s1. The molecule has 0 spiro atoms. The molecule has 3 aromatic rings. The quantitative estimate of drug-likeness (QED) is 0.592. The Balaban J connectivity index is 1.79. The number of fused-ring (bicyclic) bond motifs is 1. The van der Waals surface area contributed by atoms with Crippen molar-refractivity contribution < 1.29 is 9.53 Å². The van der Waals surface area contributed by atoms with Crippen molar-refractivity contribution >= 4 is 17.7 Å². The summed E-state index contributed by atoms with van der Waals surface area (Å²) in [5, 5.41) is 10.9. The van der Waals surface area contributed by atoms with E-state index in [1.54, 1.807) is 30.3 Å². The van der Waals surface area contributed by atoms with Crippen LogP contribution in [0, 0.1) is 11.3 Å². The molecular formula is C24H19ClN2O2. The summed E-state index contributed by atoms with van der Waals surface area (Å²) in [6, 6.07) is 26.6. The fourth-order valence-electron chi connectivity index (χ4n) is 3.85. The molecule has 0 aliphatic carbocycles. The minimum Gasteiger partial charge on any atom is -0.410 e. The molecule has 1 aliphatic heterocycles. The average Bonchev–Trinajstić information content (AvgIpc) is 2.75. The molecule has 0 fully saturated rings. The normalized spacial score (nSPS) is 17.9. The molecule has 144 valence electrons. The second kappa shape index (κ2) is 7.98. The number of hydrogen-bond acceptors (Lipinski definition) is 3. The molecule has 0 saturated heterocycles. The number of benzene rings is 3. The number of nitriles is 1. The van der Waals surface area contributed by atoms with Crippen LogP contribution in [-0.4, -0.2) is 17.5 Å². The Bertz CT molecular complexity index is 1060. The molecule has 0 saturated carbocycles. The SMILES string of the molecule is N#C[C@]1(Cc2ccccc2)c2cc(Cl)ccc2CCN1C(=O)Oc1ccccc1. The summed E-state index contributed by atoms with van der Waals surface area (Å²) in [4.78, 5) is 14.7. The summed E-state index contributed by atoms with van der Waals surface area (Å²) in [6.45, 7) is 0.390. The van der Waals surface area contributed by atoms with Crippen molar-refractivity contribution in [3.05, 3.63) is 101 Å². The molecule has 1 aliphatic rings. The minimum atomic E-state index is -1.20. The predicted molar refractivity (Wildman–Crippen MR) is 112 cm³/mol. The van der Waals surface area contributed by atoms with Crippen LogP contribution in [0.4, 0.5) is 4.79 Å². The first-order chi connectivity index (χ1) is 14.1. The van der Waals surface area contributed by atoms with Gasteiger partial charge in [0.2, 0.25) is 0 Å². The zero-order chi connectivity index (χ0) is 20.3. The molecule has 1 heterocycles. The second-order valence-corrected chi connectivity index (χ2v) is 7.46. The third-order valence-corrected chi connectivity index (χ3v) is 5.47. The number of carbonyl (C=O) groups is 1. The fraction of sp³-hybridized carbons (Fsp3) is 0.167. The Morgan fingerprint density at radius 3 is 2.45 bits per heavy atom. The van der Waals surface area contributed by atoms with E-state index in [4.69, 9.17) is 16.3 Å². The van der Waals surface area contributed by atoms with Gasteiger partial charge in [-0.1, -0.05) is 66.2 Å². The first-order valence-corrected chi connectivity index (χ1v) is 9.79. The van der Waals surface area contributed by atoms with E-state index in [0.29, 0.717) is 30.2 Å². The largest absolute Gasteiger partial charge is 0.416 e. The fourth-order valence-corrected chi connectivity index (χ4v) is 4.03. The summed E-state index contributed by atoms with van der Waals surface area (Å²) >= 11 is 6.28. The highest BCUT2D eigenvalue weighted by molar-refractivity contribution is 6.30. The van der Waals surface area contributed by atoms with E-state index in [-0.39, 0.29) is 0 Å². The molecule has 4 nitrogen and oxygen atoms in total. The number of carbonyl (C=O) groups excluding carboxylic acids is 1. The monoisotopic (exact) mass is 402 g/mol. The highest BCUT2D eigenvalue weighted by Crippen LogP contribution is 2.40. The van der Waals surface area contributed by atoms with E-state index in [2.05, 4.69) is 6.07 Å². The molecule has 0 bridgehead atoms. The number of halogens is 1. The maximum atomic E-state index is 13.1. The third kappa shape index (κ3) is 3.70. The van der Waals surface area contributed by atoms with Gasteiger partial charge < -0.3 is 4.74 Å². The Morgan fingerprint density at radius 1 is 1.07 bits per heavy atom. The van der Waals surface area contributed by atoms with Crippen LogP contribution in [0.25, 0.3) is 0 Å². The smallest absolute Gasteiger partial charge is 0.410 e. The Hall–Kier alpha value is -3.29. The summed E-state index contributed by atoms with van der Waals surface area (Å²) in [5.41, 5.74) is 1.54. The summed E-state index contributed by atoms with van der Waals surface area (Å²) < 4.78 is 5.60. The van der Waals surface area contributed by atoms with Gasteiger partial charge in [0, 0.05) is 18.0 Å². The van der Waals surface area contributed by atoms with Gasteiger partial charge >= 0.3 is 6.09 Å². The van der Waals surface area contributed by atoms with Crippen LogP contribution in [0.15, 0.2) is 78.9 Å². The van der Waals surface area contributed by atoms with Crippen molar-refractivity contribution in [3.8, 4) is 11.8 Å². The zero-order valence-electron chi connectivity index (χ0n) is 15.7. The van der Waals surface area contributed by atoms with Gasteiger partial charge in [0.05, 0.1) is 6.07 Å². The van der Waals surface area contributed by atoms with E-state index in [0.717, 1.165) is 16.7 Å². The first kappa shape index (κ1) is 19.0. The van der Waals surface area contributed by atoms with Crippen LogP contribution in [0.1, 0.15) is 16.7 Å². The van der Waals surface area contributed by atoms with E-state index < -0.39 is 11.6 Å². The lowest BCUT2D eigenvalue weighted by Gasteiger charge is -2.43. The molecule has 0 N–H and O–H groups in total. The van der Waals surface area contributed by atoms with Crippen molar-refractivity contribution in [2.24, 2.45) is 0 Å². The highest BCUT2D eigenvalue weighted by atomic mass is 35.5. The van der Waals surface area contributed by atoms with E-state index >= 15 is 0 Å². The molecule has 1 atom stereocenters. The molecule has 29 heavy (non-hydrogen) atoms. The third-order valence-electron chi connectivity index (χ3n) is 5.24. The van der Waals surface area contributed by atoms with Crippen LogP contribution < -0.4 is 4.74 Å². The second-order valence-electron chi connectivity index (χ2n) is 7.02. The number of hydrogen-bond donors (Lipinski definition) is 0. The van der Waals surface area contributed by atoms with E-state index in [9.17, 15) is 10.1 Å². The Morgan fingerprint density at radius 2 is 1.76 bits per heavy atom. The first-order valence-electron chi connectivity index (χ1n) is 9.41.